The van der Waals surface area contributed by atoms with Gasteiger partial charge in [0.25, 0.3) is 11.8 Å². The molecule has 0 spiro atoms. The zero-order valence-corrected chi connectivity index (χ0v) is 18.2. The van der Waals surface area contributed by atoms with Gasteiger partial charge in [0.05, 0.1) is 23.6 Å². The normalized spacial score (nSPS) is 16.6. The largest absolute Gasteiger partial charge is 0.481 e. The van der Waals surface area contributed by atoms with Crippen LogP contribution in [0.4, 0.5) is 0 Å². The van der Waals surface area contributed by atoms with E-state index in [-0.39, 0.29) is 23.5 Å². The average molecular weight is 433 g/mol. The van der Waals surface area contributed by atoms with Gasteiger partial charge in [-0.15, -0.1) is 0 Å². The second-order valence-electron chi connectivity index (χ2n) is 9.04. The molecule has 0 radical (unpaired) electrons. The number of nitrogens with zero attached hydrogens (tertiary/aromatic N) is 1. The number of benzene rings is 1. The van der Waals surface area contributed by atoms with Crippen LogP contribution in [0.3, 0.4) is 0 Å². The minimum absolute atomic E-state index is 0.0618. The molecule has 0 aromatic heterocycles. The molecule has 0 aliphatic carbocycles. The molecule has 0 fully saturated rings. The number of aliphatic carboxylic acids is 2. The molecule has 9 heteroatoms. The van der Waals surface area contributed by atoms with Crippen LogP contribution in [-0.2, 0) is 19.1 Å². The lowest BCUT2D eigenvalue weighted by Crippen LogP contribution is -2.58. The van der Waals surface area contributed by atoms with E-state index in [0.29, 0.717) is 4.90 Å². The number of ether oxygens (including phenoxy) is 1. The Kier molecular flexibility index (Phi) is 6.58. The van der Waals surface area contributed by atoms with Crippen LogP contribution in [0.25, 0.3) is 0 Å². The molecule has 0 saturated carbocycles. The topological polar surface area (TPSA) is 138 Å². The summed E-state index contributed by atoms with van der Waals surface area (Å²) in [4.78, 5) is 64.2. The van der Waals surface area contributed by atoms with Crippen LogP contribution in [0.2, 0.25) is 0 Å². The molecule has 1 heterocycles. The summed E-state index contributed by atoms with van der Waals surface area (Å²) in [5, 5.41) is 20.0. The fraction of sp³-hybridized carbons (Fsp3) is 0.500. The standard InChI is InChI=1S/C22H27NO8/c1-12(2)10-15(18(26)27)22(19(28)29,20(30)31-21(3,4)5)11-23-16(24)13-8-6-7-9-14(13)17(23)25/h6-9,12,15H,10-11H2,1-5H3,(H,26,27)(H,28,29). The van der Waals surface area contributed by atoms with Gasteiger partial charge in [0.15, 0.2) is 5.41 Å². The molecule has 2 amide bonds. The van der Waals surface area contributed by atoms with Crippen molar-refractivity contribution in [2.45, 2.75) is 46.6 Å². The zero-order valence-electron chi connectivity index (χ0n) is 18.2. The maximum Gasteiger partial charge on any atom is 0.326 e. The number of imide groups is 1. The number of carbonyl (C=O) groups is 5. The smallest absolute Gasteiger partial charge is 0.326 e. The SMILES string of the molecule is CC(C)CC(C(=O)O)C(CN1C(=O)c2ccccc2C1=O)(C(=O)O)C(=O)OC(C)(C)C. The predicted molar refractivity (Wildman–Crippen MR) is 108 cm³/mol. The van der Waals surface area contributed by atoms with Crippen LogP contribution in [0.15, 0.2) is 24.3 Å². The summed E-state index contributed by atoms with van der Waals surface area (Å²) in [6, 6.07) is 5.91. The summed E-state index contributed by atoms with van der Waals surface area (Å²) in [6.45, 7) is 6.94. The summed E-state index contributed by atoms with van der Waals surface area (Å²) < 4.78 is 5.30. The lowest BCUT2D eigenvalue weighted by atomic mass is 9.71. The molecule has 31 heavy (non-hydrogen) atoms. The molecular formula is C22H27NO8. The van der Waals surface area contributed by atoms with Crippen molar-refractivity contribution < 1.29 is 38.9 Å². The fourth-order valence-electron chi connectivity index (χ4n) is 3.61. The van der Waals surface area contributed by atoms with Crippen molar-refractivity contribution in [2.24, 2.45) is 17.3 Å². The van der Waals surface area contributed by atoms with Gasteiger partial charge in [0, 0.05) is 0 Å². The molecule has 1 aromatic carbocycles. The Morgan fingerprint density at radius 3 is 1.84 bits per heavy atom. The molecule has 1 aliphatic rings. The van der Waals surface area contributed by atoms with Gasteiger partial charge in [-0.1, -0.05) is 26.0 Å². The first kappa shape index (κ1) is 24.0. The molecule has 0 saturated heterocycles. The number of esters is 1. The van der Waals surface area contributed by atoms with Crippen molar-refractivity contribution in [2.75, 3.05) is 6.54 Å². The minimum atomic E-state index is -2.68. The predicted octanol–water partition coefficient (Wildman–Crippen LogP) is 2.44. The molecule has 2 unspecified atom stereocenters. The van der Waals surface area contributed by atoms with Crippen molar-refractivity contribution in [3.8, 4) is 0 Å². The highest BCUT2D eigenvalue weighted by Gasteiger charge is 2.60. The van der Waals surface area contributed by atoms with E-state index in [1.807, 2.05) is 0 Å². The van der Waals surface area contributed by atoms with Crippen molar-refractivity contribution >= 4 is 29.7 Å². The van der Waals surface area contributed by atoms with Gasteiger partial charge in [0.1, 0.15) is 5.60 Å². The number of rotatable bonds is 8. The third kappa shape index (κ3) is 4.60. The second kappa shape index (κ2) is 8.49. The van der Waals surface area contributed by atoms with Crippen LogP contribution >= 0.6 is 0 Å². The van der Waals surface area contributed by atoms with E-state index in [1.54, 1.807) is 26.0 Å². The Morgan fingerprint density at radius 1 is 1.00 bits per heavy atom. The number of hydrogen-bond acceptors (Lipinski definition) is 6. The summed E-state index contributed by atoms with van der Waals surface area (Å²) in [7, 11) is 0. The van der Waals surface area contributed by atoms with Crippen LogP contribution in [0.5, 0.6) is 0 Å². The van der Waals surface area contributed by atoms with E-state index in [1.165, 1.54) is 32.9 Å². The number of hydrogen-bond donors (Lipinski definition) is 2. The van der Waals surface area contributed by atoms with Crippen molar-refractivity contribution in [3.05, 3.63) is 35.4 Å². The van der Waals surface area contributed by atoms with Crippen molar-refractivity contribution in [3.63, 3.8) is 0 Å². The first-order chi connectivity index (χ1) is 14.2. The molecule has 1 aliphatic heterocycles. The monoisotopic (exact) mass is 433 g/mol. The Morgan fingerprint density at radius 2 is 1.48 bits per heavy atom. The summed E-state index contributed by atoms with van der Waals surface area (Å²) in [5.41, 5.74) is -3.68. The highest BCUT2D eigenvalue weighted by atomic mass is 16.6. The Bertz CT molecular complexity index is 895. The molecular weight excluding hydrogens is 406 g/mol. The molecule has 2 atom stereocenters. The van der Waals surface area contributed by atoms with Crippen LogP contribution in [0.1, 0.15) is 61.8 Å². The van der Waals surface area contributed by atoms with Gasteiger partial charge in [-0.25, -0.2) is 0 Å². The van der Waals surface area contributed by atoms with Gasteiger partial charge in [-0.3, -0.25) is 28.9 Å². The lowest BCUT2D eigenvalue weighted by Gasteiger charge is -2.37. The second-order valence-corrected chi connectivity index (χ2v) is 9.04. The Labute approximate surface area is 180 Å². The fourth-order valence-corrected chi connectivity index (χ4v) is 3.61. The number of amides is 2. The van der Waals surface area contributed by atoms with Crippen molar-refractivity contribution in [1.29, 1.82) is 0 Å². The van der Waals surface area contributed by atoms with Gasteiger partial charge < -0.3 is 14.9 Å². The number of carbonyl (C=O) groups excluding carboxylic acids is 3. The molecule has 168 valence electrons. The van der Waals surface area contributed by atoms with Crippen molar-refractivity contribution in [1.82, 2.24) is 4.90 Å². The third-order valence-corrected chi connectivity index (χ3v) is 5.03. The highest BCUT2D eigenvalue weighted by Crippen LogP contribution is 2.39. The molecule has 2 N–H and O–H groups in total. The number of carboxylic acids is 2. The highest BCUT2D eigenvalue weighted by molar-refractivity contribution is 6.22. The first-order valence-corrected chi connectivity index (χ1v) is 9.87. The van der Waals surface area contributed by atoms with E-state index in [0.717, 1.165) is 0 Å². The van der Waals surface area contributed by atoms with Crippen LogP contribution in [-0.4, -0.2) is 57.0 Å². The van der Waals surface area contributed by atoms with E-state index in [9.17, 15) is 34.2 Å². The number of fused-ring (bicyclic) bond motifs is 1. The maximum absolute atomic E-state index is 13.2. The van der Waals surface area contributed by atoms with E-state index in [4.69, 9.17) is 4.74 Å². The maximum atomic E-state index is 13.2. The molecule has 1 aromatic rings. The minimum Gasteiger partial charge on any atom is -0.481 e. The molecule has 9 nitrogen and oxygen atoms in total. The van der Waals surface area contributed by atoms with Gasteiger partial charge in [-0.2, -0.15) is 0 Å². The Balaban J connectivity index is 2.65. The molecule has 2 rings (SSSR count). The summed E-state index contributed by atoms with van der Waals surface area (Å²) in [6.07, 6.45) is -0.177. The lowest BCUT2D eigenvalue weighted by molar-refractivity contribution is -0.187. The van der Waals surface area contributed by atoms with E-state index >= 15 is 0 Å². The van der Waals surface area contributed by atoms with E-state index < -0.39 is 53.2 Å². The summed E-state index contributed by atoms with van der Waals surface area (Å²) >= 11 is 0. The zero-order chi connectivity index (χ0) is 23.7. The van der Waals surface area contributed by atoms with Crippen LogP contribution in [0, 0.1) is 17.3 Å². The average Bonchev–Trinajstić information content (AvgIpc) is 2.87. The first-order valence-electron chi connectivity index (χ1n) is 9.87. The molecule has 0 bridgehead atoms. The van der Waals surface area contributed by atoms with Gasteiger partial charge in [-0.05, 0) is 45.2 Å². The van der Waals surface area contributed by atoms with Gasteiger partial charge in [0.2, 0.25) is 0 Å². The third-order valence-electron chi connectivity index (χ3n) is 5.03. The Hall–Kier alpha value is -3.23. The van der Waals surface area contributed by atoms with Gasteiger partial charge >= 0.3 is 17.9 Å². The van der Waals surface area contributed by atoms with Crippen LogP contribution < -0.4 is 0 Å². The quantitative estimate of drug-likeness (QED) is 0.362. The number of carboxylic acid groups (broad SMARTS) is 2. The van der Waals surface area contributed by atoms with E-state index in [2.05, 4.69) is 0 Å². The summed E-state index contributed by atoms with van der Waals surface area (Å²) in [5.74, 6) is -8.21.